The molecule has 148 valence electrons. The van der Waals surface area contributed by atoms with Crippen molar-refractivity contribution in [1.29, 1.82) is 0 Å². The number of carbonyl (C=O) groups is 4. The van der Waals surface area contributed by atoms with Crippen LogP contribution in [-0.2, 0) is 25.7 Å². The highest BCUT2D eigenvalue weighted by Crippen LogP contribution is 2.01. The highest BCUT2D eigenvalue weighted by atomic mass is 32.2. The van der Waals surface area contributed by atoms with Crippen LogP contribution in [0.3, 0.4) is 0 Å². The van der Waals surface area contributed by atoms with Crippen molar-refractivity contribution in [2.24, 2.45) is 5.73 Å². The van der Waals surface area contributed by atoms with Crippen molar-refractivity contribution in [3.8, 4) is 0 Å². The summed E-state index contributed by atoms with van der Waals surface area (Å²) in [7, 11) is 0. The van der Waals surface area contributed by atoms with Gasteiger partial charge >= 0.3 is 6.09 Å². The Labute approximate surface area is 161 Å². The Morgan fingerprint density at radius 3 is 2.37 bits per heavy atom. The Kier molecular flexibility index (Phi) is 10.4. The number of benzene rings is 1. The van der Waals surface area contributed by atoms with Crippen LogP contribution < -0.4 is 21.7 Å². The standard InChI is InChI=1S/C17H24N4O5S/c1-27-8-7-13(16(18)24)21-15(23)10-19-14(22)9-20-17(25)26-11-12-5-3-2-4-6-12/h2-6,13H,7-11H2,1H3,(H2,18,24)(H,19,22)(H,20,25)(H,21,23). The van der Waals surface area contributed by atoms with Gasteiger partial charge in [0.15, 0.2) is 0 Å². The number of alkyl carbamates (subject to hydrolysis) is 1. The van der Waals surface area contributed by atoms with Gasteiger partial charge in [0.1, 0.15) is 19.2 Å². The van der Waals surface area contributed by atoms with Gasteiger partial charge in [-0.1, -0.05) is 30.3 Å². The van der Waals surface area contributed by atoms with Gasteiger partial charge in [-0.05, 0) is 24.0 Å². The van der Waals surface area contributed by atoms with Crippen LogP contribution in [0.5, 0.6) is 0 Å². The lowest BCUT2D eigenvalue weighted by Crippen LogP contribution is -2.49. The SMILES string of the molecule is CSCCC(NC(=O)CNC(=O)CNC(=O)OCc1ccccc1)C(N)=O. The molecule has 9 nitrogen and oxygen atoms in total. The fraction of sp³-hybridized carbons (Fsp3) is 0.412. The first kappa shape index (κ1) is 22.3. The number of amides is 4. The molecule has 1 aromatic rings. The molecule has 0 heterocycles. The number of nitrogens with one attached hydrogen (secondary N) is 3. The number of rotatable bonds is 11. The summed E-state index contributed by atoms with van der Waals surface area (Å²) >= 11 is 1.52. The van der Waals surface area contributed by atoms with Crippen molar-refractivity contribution in [2.75, 3.05) is 25.1 Å². The van der Waals surface area contributed by atoms with Gasteiger partial charge in [-0.25, -0.2) is 4.79 Å². The largest absolute Gasteiger partial charge is 0.445 e. The van der Waals surface area contributed by atoms with E-state index in [0.717, 1.165) is 5.56 Å². The molecule has 0 aliphatic carbocycles. The number of carbonyl (C=O) groups excluding carboxylic acids is 4. The number of thioether (sulfide) groups is 1. The highest BCUT2D eigenvalue weighted by Gasteiger charge is 2.17. The average Bonchev–Trinajstić information content (AvgIpc) is 2.66. The number of hydrogen-bond donors (Lipinski definition) is 4. The molecular weight excluding hydrogens is 372 g/mol. The third-order valence-electron chi connectivity index (χ3n) is 3.34. The minimum absolute atomic E-state index is 0.0846. The molecule has 1 unspecified atom stereocenters. The van der Waals surface area contributed by atoms with Crippen molar-refractivity contribution in [2.45, 2.75) is 19.1 Å². The maximum absolute atomic E-state index is 11.8. The first-order valence-electron chi connectivity index (χ1n) is 8.21. The summed E-state index contributed by atoms with van der Waals surface area (Å²) in [5, 5.41) is 7.07. The number of ether oxygens (including phenoxy) is 1. The molecule has 1 aromatic carbocycles. The van der Waals surface area contributed by atoms with Crippen LogP contribution in [0.4, 0.5) is 4.79 Å². The normalized spacial score (nSPS) is 11.1. The molecule has 5 N–H and O–H groups in total. The molecule has 0 aliphatic heterocycles. The van der Waals surface area contributed by atoms with E-state index >= 15 is 0 Å². The van der Waals surface area contributed by atoms with Gasteiger partial charge in [0, 0.05) is 0 Å². The van der Waals surface area contributed by atoms with E-state index in [9.17, 15) is 19.2 Å². The summed E-state index contributed by atoms with van der Waals surface area (Å²) in [4.78, 5) is 46.2. The summed E-state index contributed by atoms with van der Waals surface area (Å²) in [5.74, 6) is -1.08. The lowest BCUT2D eigenvalue weighted by atomic mass is 10.2. The van der Waals surface area contributed by atoms with E-state index in [1.54, 1.807) is 12.1 Å². The zero-order chi connectivity index (χ0) is 20.1. The fourth-order valence-electron chi connectivity index (χ4n) is 1.93. The van der Waals surface area contributed by atoms with Gasteiger partial charge in [0.2, 0.25) is 17.7 Å². The predicted molar refractivity (Wildman–Crippen MR) is 102 cm³/mol. The van der Waals surface area contributed by atoms with Crippen molar-refractivity contribution in [1.82, 2.24) is 16.0 Å². The van der Waals surface area contributed by atoms with Gasteiger partial charge in [0.05, 0.1) is 6.54 Å². The molecule has 0 spiro atoms. The van der Waals surface area contributed by atoms with Gasteiger partial charge in [0.25, 0.3) is 0 Å². The molecular formula is C17H24N4O5S. The van der Waals surface area contributed by atoms with E-state index in [2.05, 4.69) is 16.0 Å². The Morgan fingerprint density at radius 1 is 1.07 bits per heavy atom. The lowest BCUT2D eigenvalue weighted by molar-refractivity contribution is -0.128. The predicted octanol–water partition coefficient (Wildman–Crippen LogP) is -0.248. The Morgan fingerprint density at radius 2 is 1.74 bits per heavy atom. The van der Waals surface area contributed by atoms with E-state index in [4.69, 9.17) is 10.5 Å². The Bertz CT molecular complexity index is 641. The Hall–Kier alpha value is -2.75. The van der Waals surface area contributed by atoms with E-state index in [0.29, 0.717) is 12.2 Å². The molecule has 27 heavy (non-hydrogen) atoms. The van der Waals surface area contributed by atoms with Crippen LogP contribution in [0.2, 0.25) is 0 Å². The second-order valence-corrected chi connectivity index (χ2v) is 6.48. The van der Waals surface area contributed by atoms with Crippen LogP contribution in [0.15, 0.2) is 30.3 Å². The van der Waals surface area contributed by atoms with Gasteiger partial charge in [-0.2, -0.15) is 11.8 Å². The molecule has 0 bridgehead atoms. The Balaban J connectivity index is 2.22. The monoisotopic (exact) mass is 396 g/mol. The third kappa shape index (κ3) is 10.1. The highest BCUT2D eigenvalue weighted by molar-refractivity contribution is 7.98. The van der Waals surface area contributed by atoms with Gasteiger partial charge in [-0.3, -0.25) is 14.4 Å². The summed E-state index contributed by atoms with van der Waals surface area (Å²) in [6, 6.07) is 8.30. The molecule has 0 saturated heterocycles. The van der Waals surface area contributed by atoms with E-state index < -0.39 is 29.9 Å². The minimum atomic E-state index is -0.784. The third-order valence-corrected chi connectivity index (χ3v) is 3.99. The second-order valence-electron chi connectivity index (χ2n) is 5.50. The molecule has 0 aliphatic rings. The molecule has 0 aromatic heterocycles. The summed E-state index contributed by atoms with van der Waals surface area (Å²) in [6.07, 6.45) is 1.53. The first-order chi connectivity index (χ1) is 12.9. The zero-order valence-electron chi connectivity index (χ0n) is 15.0. The fourth-order valence-corrected chi connectivity index (χ4v) is 2.41. The molecule has 1 atom stereocenters. The molecule has 0 fully saturated rings. The molecule has 0 saturated carbocycles. The summed E-state index contributed by atoms with van der Waals surface area (Å²) in [6.45, 7) is -0.587. The zero-order valence-corrected chi connectivity index (χ0v) is 15.8. The topological polar surface area (TPSA) is 140 Å². The van der Waals surface area contributed by atoms with Crippen molar-refractivity contribution < 1.29 is 23.9 Å². The lowest BCUT2D eigenvalue weighted by Gasteiger charge is -2.15. The smallest absolute Gasteiger partial charge is 0.407 e. The van der Waals surface area contributed by atoms with Crippen molar-refractivity contribution >= 4 is 35.6 Å². The van der Waals surface area contributed by atoms with Gasteiger partial charge < -0.3 is 26.4 Å². The molecule has 10 heteroatoms. The van der Waals surface area contributed by atoms with Crippen LogP contribution in [0.1, 0.15) is 12.0 Å². The number of hydrogen-bond acceptors (Lipinski definition) is 6. The van der Waals surface area contributed by atoms with Crippen LogP contribution >= 0.6 is 11.8 Å². The van der Waals surface area contributed by atoms with Crippen molar-refractivity contribution in [3.63, 3.8) is 0 Å². The molecule has 0 radical (unpaired) electrons. The quantitative estimate of drug-likeness (QED) is 0.407. The van der Waals surface area contributed by atoms with E-state index in [1.807, 2.05) is 24.5 Å². The van der Waals surface area contributed by atoms with Crippen LogP contribution in [0.25, 0.3) is 0 Å². The van der Waals surface area contributed by atoms with Crippen molar-refractivity contribution in [3.05, 3.63) is 35.9 Å². The van der Waals surface area contributed by atoms with Crippen LogP contribution in [-0.4, -0.2) is 55.0 Å². The van der Waals surface area contributed by atoms with E-state index in [-0.39, 0.29) is 19.7 Å². The van der Waals surface area contributed by atoms with Gasteiger partial charge in [-0.15, -0.1) is 0 Å². The second kappa shape index (κ2) is 12.6. The summed E-state index contributed by atoms with van der Waals surface area (Å²) in [5.41, 5.74) is 6.04. The average molecular weight is 396 g/mol. The number of primary amides is 1. The van der Waals surface area contributed by atoms with E-state index in [1.165, 1.54) is 11.8 Å². The first-order valence-corrected chi connectivity index (χ1v) is 9.60. The molecule has 4 amide bonds. The molecule has 1 rings (SSSR count). The minimum Gasteiger partial charge on any atom is -0.445 e. The maximum Gasteiger partial charge on any atom is 0.407 e. The maximum atomic E-state index is 11.8. The van der Waals surface area contributed by atoms with Crippen LogP contribution in [0, 0.1) is 0 Å². The summed E-state index contributed by atoms with van der Waals surface area (Å²) < 4.78 is 4.96. The number of nitrogens with two attached hydrogens (primary N) is 1.